The maximum absolute atomic E-state index is 13.2. The van der Waals surface area contributed by atoms with Crippen LogP contribution in [-0.2, 0) is 16.0 Å². The summed E-state index contributed by atoms with van der Waals surface area (Å²) in [5, 5.41) is 17.3. The molecule has 1 heterocycles. The zero-order valence-corrected chi connectivity index (χ0v) is 18.5. The van der Waals surface area contributed by atoms with Crippen LogP contribution < -0.4 is 16.0 Å². The highest BCUT2D eigenvalue weighted by atomic mass is 16.3. The summed E-state index contributed by atoms with van der Waals surface area (Å²) >= 11 is 0. The molecule has 1 aromatic rings. The van der Waals surface area contributed by atoms with Gasteiger partial charge >= 0.3 is 6.03 Å². The predicted molar refractivity (Wildman–Crippen MR) is 118 cm³/mol. The number of benzene rings is 1. The van der Waals surface area contributed by atoms with Gasteiger partial charge in [-0.25, -0.2) is 4.79 Å². The average molecular weight is 434 g/mol. The van der Waals surface area contributed by atoms with Gasteiger partial charge in [0.05, 0.1) is 6.04 Å². The Kier molecular flexibility index (Phi) is 10.3. The van der Waals surface area contributed by atoms with Crippen molar-refractivity contribution in [2.45, 2.75) is 26.3 Å². The zero-order chi connectivity index (χ0) is 22.6. The van der Waals surface area contributed by atoms with Gasteiger partial charge < -0.3 is 26.0 Å². The molecule has 0 radical (unpaired) electrons. The van der Waals surface area contributed by atoms with Crippen molar-refractivity contribution in [2.75, 3.05) is 52.4 Å². The Hall–Kier alpha value is -2.65. The van der Waals surface area contributed by atoms with Gasteiger partial charge in [0.15, 0.2) is 0 Å². The van der Waals surface area contributed by atoms with Crippen LogP contribution in [0.4, 0.5) is 4.79 Å². The lowest BCUT2D eigenvalue weighted by Crippen LogP contribution is -2.52. The lowest BCUT2D eigenvalue weighted by atomic mass is 10.0. The molecule has 9 heteroatoms. The summed E-state index contributed by atoms with van der Waals surface area (Å²) in [4.78, 5) is 40.0. The van der Waals surface area contributed by atoms with Gasteiger partial charge in [0.2, 0.25) is 11.8 Å². The summed E-state index contributed by atoms with van der Waals surface area (Å²) in [7, 11) is 0. The van der Waals surface area contributed by atoms with Crippen molar-refractivity contribution >= 4 is 17.8 Å². The summed E-state index contributed by atoms with van der Waals surface area (Å²) in [6.07, 6.45) is 0.539. The maximum Gasteiger partial charge on any atom is 0.317 e. The number of aliphatic hydroxyl groups excluding tert-OH is 1. The maximum atomic E-state index is 13.2. The van der Waals surface area contributed by atoms with E-state index < -0.39 is 18.6 Å². The minimum atomic E-state index is -0.553. The number of hydrogen-bond acceptors (Lipinski definition) is 5. The third-order valence-corrected chi connectivity index (χ3v) is 5.11. The Morgan fingerprint density at radius 3 is 2.55 bits per heavy atom. The fourth-order valence-corrected chi connectivity index (χ4v) is 3.62. The number of amides is 4. The van der Waals surface area contributed by atoms with Gasteiger partial charge in [-0.15, -0.1) is 0 Å². The Labute approximate surface area is 184 Å². The highest BCUT2D eigenvalue weighted by Crippen LogP contribution is 2.12. The molecule has 0 spiro atoms. The normalized spacial score (nSPS) is 14.6. The van der Waals surface area contributed by atoms with Crippen molar-refractivity contribution in [2.24, 2.45) is 5.92 Å². The van der Waals surface area contributed by atoms with Crippen LogP contribution >= 0.6 is 0 Å². The van der Waals surface area contributed by atoms with E-state index in [4.69, 9.17) is 5.11 Å². The molecular weight excluding hydrogens is 398 g/mol. The smallest absolute Gasteiger partial charge is 0.317 e. The molecule has 1 unspecified atom stereocenters. The van der Waals surface area contributed by atoms with Crippen LogP contribution in [0.25, 0.3) is 0 Å². The van der Waals surface area contributed by atoms with Crippen LogP contribution in [-0.4, -0.2) is 91.2 Å². The Morgan fingerprint density at radius 1 is 1.19 bits per heavy atom. The second-order valence-corrected chi connectivity index (χ2v) is 8.11. The molecule has 0 bridgehead atoms. The number of hydrogen-bond donors (Lipinski definition) is 4. The van der Waals surface area contributed by atoms with E-state index >= 15 is 0 Å². The number of carbonyl (C=O) groups is 3. The molecule has 9 nitrogen and oxygen atoms in total. The zero-order valence-electron chi connectivity index (χ0n) is 18.5. The summed E-state index contributed by atoms with van der Waals surface area (Å²) in [5.41, 5.74) is 1.05. The van der Waals surface area contributed by atoms with E-state index in [1.54, 1.807) is 4.90 Å². The summed E-state index contributed by atoms with van der Waals surface area (Å²) < 4.78 is 0. The molecule has 0 saturated carbocycles. The molecule has 1 fully saturated rings. The van der Waals surface area contributed by atoms with E-state index in [9.17, 15) is 14.4 Å². The third kappa shape index (κ3) is 8.55. The summed E-state index contributed by atoms with van der Waals surface area (Å²) in [6, 6.07) is 9.32. The van der Waals surface area contributed by atoms with Crippen molar-refractivity contribution in [3.8, 4) is 0 Å². The SMILES string of the molecule is CC(C)CN(CCNC(=O)CO)C(Cc1ccccc1)C(=O)NCCN1CCNC1=O. The Balaban J connectivity index is 2.05. The largest absolute Gasteiger partial charge is 0.387 e. The first-order valence-corrected chi connectivity index (χ1v) is 10.9. The van der Waals surface area contributed by atoms with E-state index in [1.165, 1.54) is 0 Å². The number of rotatable bonds is 13. The minimum absolute atomic E-state index is 0.0995. The highest BCUT2D eigenvalue weighted by Gasteiger charge is 2.27. The van der Waals surface area contributed by atoms with E-state index in [1.807, 2.05) is 30.3 Å². The van der Waals surface area contributed by atoms with E-state index in [0.717, 1.165) is 5.56 Å². The van der Waals surface area contributed by atoms with Crippen molar-refractivity contribution in [3.05, 3.63) is 35.9 Å². The standard InChI is InChI=1S/C22H35N5O4/c1-17(2)15-27(13-8-23-20(29)16-28)19(14-18-6-4-3-5-7-18)21(30)24-9-11-26-12-10-25-22(26)31/h3-7,17,19,28H,8-16H2,1-2H3,(H,23,29)(H,24,30)(H,25,31). The molecule has 1 aromatic carbocycles. The second-order valence-electron chi connectivity index (χ2n) is 8.11. The number of aliphatic hydroxyl groups is 1. The quantitative estimate of drug-likeness (QED) is 0.344. The first-order chi connectivity index (χ1) is 14.9. The van der Waals surface area contributed by atoms with Gasteiger partial charge in [-0.1, -0.05) is 44.2 Å². The van der Waals surface area contributed by atoms with Crippen LogP contribution in [0.2, 0.25) is 0 Å². The summed E-state index contributed by atoms with van der Waals surface area (Å²) in [6.45, 7) is 7.27. The molecular formula is C22H35N5O4. The third-order valence-electron chi connectivity index (χ3n) is 5.11. The van der Waals surface area contributed by atoms with E-state index in [2.05, 4.69) is 34.7 Å². The lowest BCUT2D eigenvalue weighted by Gasteiger charge is -2.32. The van der Waals surface area contributed by atoms with Crippen LogP contribution in [0.1, 0.15) is 19.4 Å². The van der Waals surface area contributed by atoms with Gasteiger partial charge in [0.1, 0.15) is 6.61 Å². The molecule has 0 aromatic heterocycles. The molecule has 1 aliphatic heterocycles. The van der Waals surface area contributed by atoms with E-state index in [-0.39, 0.29) is 11.9 Å². The molecule has 1 atom stereocenters. The van der Waals surface area contributed by atoms with Gasteiger partial charge in [0.25, 0.3) is 0 Å². The van der Waals surface area contributed by atoms with Gasteiger partial charge in [-0.05, 0) is 17.9 Å². The monoisotopic (exact) mass is 433 g/mol. The molecule has 4 N–H and O–H groups in total. The molecule has 1 saturated heterocycles. The fraction of sp³-hybridized carbons (Fsp3) is 0.591. The first-order valence-electron chi connectivity index (χ1n) is 10.9. The number of urea groups is 1. The Morgan fingerprint density at radius 2 is 1.94 bits per heavy atom. The summed E-state index contributed by atoms with van der Waals surface area (Å²) in [5.74, 6) is -0.206. The molecule has 2 rings (SSSR count). The molecule has 0 aliphatic carbocycles. The predicted octanol–water partition coefficient (Wildman–Crippen LogP) is -0.194. The topological polar surface area (TPSA) is 114 Å². The lowest BCUT2D eigenvalue weighted by molar-refractivity contribution is -0.126. The minimum Gasteiger partial charge on any atom is -0.387 e. The van der Waals surface area contributed by atoms with Gasteiger partial charge in [-0.2, -0.15) is 0 Å². The van der Waals surface area contributed by atoms with Gasteiger partial charge in [0, 0.05) is 45.8 Å². The Bertz CT molecular complexity index is 713. The first kappa shape index (κ1) is 24.6. The van der Waals surface area contributed by atoms with Crippen molar-refractivity contribution in [3.63, 3.8) is 0 Å². The average Bonchev–Trinajstić information content (AvgIpc) is 3.16. The number of carbonyl (C=O) groups excluding carboxylic acids is 3. The van der Waals surface area contributed by atoms with Crippen LogP contribution in [0.15, 0.2) is 30.3 Å². The second kappa shape index (κ2) is 12.9. The fourth-order valence-electron chi connectivity index (χ4n) is 3.62. The molecule has 31 heavy (non-hydrogen) atoms. The number of nitrogens with zero attached hydrogens (tertiary/aromatic N) is 2. The van der Waals surface area contributed by atoms with Crippen molar-refractivity contribution in [1.82, 2.24) is 25.8 Å². The van der Waals surface area contributed by atoms with Crippen LogP contribution in [0, 0.1) is 5.92 Å². The highest BCUT2D eigenvalue weighted by molar-refractivity contribution is 5.82. The van der Waals surface area contributed by atoms with Crippen molar-refractivity contribution < 1.29 is 19.5 Å². The van der Waals surface area contributed by atoms with Gasteiger partial charge in [-0.3, -0.25) is 14.5 Å². The number of nitrogens with one attached hydrogen (secondary N) is 3. The van der Waals surface area contributed by atoms with Crippen LogP contribution in [0.3, 0.4) is 0 Å². The van der Waals surface area contributed by atoms with Crippen molar-refractivity contribution in [1.29, 1.82) is 0 Å². The molecule has 1 aliphatic rings. The molecule has 172 valence electrons. The molecule has 4 amide bonds. The van der Waals surface area contributed by atoms with Crippen LogP contribution in [0.5, 0.6) is 0 Å². The van der Waals surface area contributed by atoms with E-state index in [0.29, 0.717) is 58.2 Å².